The second-order valence-corrected chi connectivity index (χ2v) is 7.26. The topological polar surface area (TPSA) is 56.7 Å². The van der Waals surface area contributed by atoms with Crippen molar-refractivity contribution in [2.24, 2.45) is 10.4 Å². The highest BCUT2D eigenvalue weighted by Gasteiger charge is 2.42. The van der Waals surface area contributed by atoms with Crippen LogP contribution < -0.4 is 10.6 Å². The Morgan fingerprint density at radius 2 is 1.69 bits per heavy atom. The molecule has 0 heterocycles. The molecular weight excluding hydrogens is 322 g/mol. The highest BCUT2D eigenvalue weighted by atomic mass is 16.3. The smallest absolute Gasteiger partial charge is 0.191 e. The van der Waals surface area contributed by atoms with Crippen molar-refractivity contribution < 1.29 is 5.11 Å². The van der Waals surface area contributed by atoms with Crippen LogP contribution in [-0.2, 0) is 6.42 Å². The molecule has 3 N–H and O–H groups in total. The number of nitrogens with one attached hydrogen (secondary N) is 2. The maximum absolute atomic E-state index is 9.70. The zero-order valence-corrected chi connectivity index (χ0v) is 15.5. The Hall–Kier alpha value is -2.33. The van der Waals surface area contributed by atoms with Gasteiger partial charge in [-0.05, 0) is 35.8 Å². The van der Waals surface area contributed by atoms with E-state index in [-0.39, 0.29) is 12.5 Å². The van der Waals surface area contributed by atoms with Crippen LogP contribution in [0.2, 0.25) is 0 Å². The Morgan fingerprint density at radius 3 is 2.27 bits per heavy atom. The third-order valence-electron chi connectivity index (χ3n) is 5.24. The molecule has 2 aromatic carbocycles. The summed E-state index contributed by atoms with van der Waals surface area (Å²) in [6.45, 7) is 1.70. The fraction of sp³-hybridized carbons (Fsp3) is 0.409. The van der Waals surface area contributed by atoms with Crippen LogP contribution in [0, 0.1) is 5.41 Å². The number of aliphatic hydroxyl groups excluding tert-OH is 1. The van der Waals surface area contributed by atoms with Gasteiger partial charge in [0.25, 0.3) is 0 Å². The quantitative estimate of drug-likeness (QED) is 0.506. The van der Waals surface area contributed by atoms with E-state index in [0.717, 1.165) is 24.5 Å². The molecular formula is C22H29N3O. The predicted molar refractivity (Wildman–Crippen MR) is 107 cm³/mol. The van der Waals surface area contributed by atoms with Gasteiger partial charge < -0.3 is 15.7 Å². The fourth-order valence-electron chi connectivity index (χ4n) is 3.35. The van der Waals surface area contributed by atoms with E-state index in [4.69, 9.17) is 0 Å². The average molecular weight is 351 g/mol. The first-order valence-electron chi connectivity index (χ1n) is 9.39. The highest BCUT2D eigenvalue weighted by Crippen LogP contribution is 2.47. The molecule has 0 saturated heterocycles. The van der Waals surface area contributed by atoms with Crippen molar-refractivity contribution in [2.45, 2.75) is 25.2 Å². The van der Waals surface area contributed by atoms with Gasteiger partial charge in [-0.15, -0.1) is 0 Å². The van der Waals surface area contributed by atoms with Crippen molar-refractivity contribution in [1.82, 2.24) is 10.6 Å². The van der Waals surface area contributed by atoms with Gasteiger partial charge in [0, 0.05) is 26.1 Å². The lowest BCUT2D eigenvalue weighted by molar-refractivity contribution is 0.265. The summed E-state index contributed by atoms with van der Waals surface area (Å²) >= 11 is 0. The van der Waals surface area contributed by atoms with Crippen molar-refractivity contribution in [1.29, 1.82) is 0 Å². The zero-order valence-electron chi connectivity index (χ0n) is 15.5. The minimum Gasteiger partial charge on any atom is -0.396 e. The average Bonchev–Trinajstić information content (AvgIpc) is 3.46. The summed E-state index contributed by atoms with van der Waals surface area (Å²) in [4.78, 5) is 4.34. The second kappa shape index (κ2) is 8.86. The van der Waals surface area contributed by atoms with E-state index in [1.807, 2.05) is 18.2 Å². The van der Waals surface area contributed by atoms with Crippen molar-refractivity contribution in [3.8, 4) is 0 Å². The van der Waals surface area contributed by atoms with Gasteiger partial charge in [0.2, 0.25) is 0 Å². The van der Waals surface area contributed by atoms with Crippen LogP contribution in [-0.4, -0.2) is 37.8 Å². The van der Waals surface area contributed by atoms with Crippen LogP contribution in [0.25, 0.3) is 0 Å². The largest absolute Gasteiger partial charge is 0.396 e. The molecule has 0 bridgehead atoms. The third-order valence-corrected chi connectivity index (χ3v) is 5.24. The molecule has 26 heavy (non-hydrogen) atoms. The SMILES string of the molecule is CN=C(NCC(CO)c1ccccc1)NCC1(Cc2ccccc2)CC1. The molecule has 3 rings (SSSR count). The molecule has 138 valence electrons. The van der Waals surface area contributed by atoms with E-state index in [1.165, 1.54) is 18.4 Å². The lowest BCUT2D eigenvalue weighted by atomic mass is 9.96. The van der Waals surface area contributed by atoms with Gasteiger partial charge in [0.1, 0.15) is 0 Å². The Morgan fingerprint density at radius 1 is 1.04 bits per heavy atom. The van der Waals surface area contributed by atoms with Crippen LogP contribution in [0.5, 0.6) is 0 Å². The first-order valence-corrected chi connectivity index (χ1v) is 9.39. The number of guanidine groups is 1. The van der Waals surface area contributed by atoms with Crippen LogP contribution in [0.1, 0.15) is 29.9 Å². The number of aliphatic hydroxyl groups is 1. The number of hydrogen-bond acceptors (Lipinski definition) is 2. The summed E-state index contributed by atoms with van der Waals surface area (Å²) in [5, 5.41) is 16.5. The van der Waals surface area contributed by atoms with Crippen molar-refractivity contribution in [3.63, 3.8) is 0 Å². The lowest BCUT2D eigenvalue weighted by Gasteiger charge is -2.21. The first kappa shape index (κ1) is 18.5. The summed E-state index contributed by atoms with van der Waals surface area (Å²) < 4.78 is 0. The molecule has 1 fully saturated rings. The Labute approximate surface area is 156 Å². The molecule has 1 aliphatic carbocycles. The van der Waals surface area contributed by atoms with E-state index < -0.39 is 0 Å². The minimum atomic E-state index is 0.0638. The van der Waals surface area contributed by atoms with Gasteiger partial charge in [-0.3, -0.25) is 4.99 Å². The van der Waals surface area contributed by atoms with Crippen molar-refractivity contribution >= 4 is 5.96 Å². The summed E-state index contributed by atoms with van der Waals surface area (Å²) in [5.41, 5.74) is 2.90. The molecule has 0 aliphatic heterocycles. The Bertz CT molecular complexity index is 696. The molecule has 4 nitrogen and oxygen atoms in total. The standard InChI is InChI=1S/C22H29N3O/c1-23-21(24-15-20(16-26)19-10-6-3-7-11-19)25-17-22(12-13-22)14-18-8-4-2-5-9-18/h2-11,20,26H,12-17H2,1H3,(H2,23,24,25). The van der Waals surface area contributed by atoms with Crippen LogP contribution >= 0.6 is 0 Å². The fourth-order valence-corrected chi connectivity index (χ4v) is 3.35. The maximum atomic E-state index is 9.70. The summed E-state index contributed by atoms with van der Waals surface area (Å²) in [7, 11) is 1.79. The summed E-state index contributed by atoms with van der Waals surface area (Å²) in [6.07, 6.45) is 3.63. The van der Waals surface area contributed by atoms with Gasteiger partial charge in [0.15, 0.2) is 5.96 Å². The van der Waals surface area contributed by atoms with Crippen LogP contribution in [0.3, 0.4) is 0 Å². The molecule has 4 heteroatoms. The number of hydrogen-bond donors (Lipinski definition) is 3. The molecule has 0 radical (unpaired) electrons. The molecule has 1 unspecified atom stereocenters. The van der Waals surface area contributed by atoms with Crippen LogP contribution in [0.15, 0.2) is 65.7 Å². The van der Waals surface area contributed by atoms with Crippen molar-refractivity contribution in [3.05, 3.63) is 71.8 Å². The summed E-state index contributed by atoms with van der Waals surface area (Å²) in [5.74, 6) is 0.868. The Balaban J connectivity index is 1.49. The maximum Gasteiger partial charge on any atom is 0.191 e. The number of aliphatic imine (C=N–C) groups is 1. The molecule has 1 saturated carbocycles. The van der Waals surface area contributed by atoms with Gasteiger partial charge >= 0.3 is 0 Å². The molecule has 1 atom stereocenters. The molecule has 2 aromatic rings. The zero-order chi connectivity index (χ0) is 18.2. The first-order chi connectivity index (χ1) is 12.7. The monoisotopic (exact) mass is 351 g/mol. The molecule has 1 aliphatic rings. The van der Waals surface area contributed by atoms with Gasteiger partial charge in [-0.1, -0.05) is 60.7 Å². The number of benzene rings is 2. The Kier molecular flexibility index (Phi) is 6.29. The molecule has 0 amide bonds. The van der Waals surface area contributed by atoms with Gasteiger partial charge in [0.05, 0.1) is 6.61 Å². The molecule has 0 aromatic heterocycles. The van der Waals surface area contributed by atoms with Crippen molar-refractivity contribution in [2.75, 3.05) is 26.7 Å². The normalized spacial score (nSPS) is 16.8. The van der Waals surface area contributed by atoms with Gasteiger partial charge in [-0.2, -0.15) is 0 Å². The van der Waals surface area contributed by atoms with Crippen LogP contribution in [0.4, 0.5) is 0 Å². The van der Waals surface area contributed by atoms with E-state index >= 15 is 0 Å². The second-order valence-electron chi connectivity index (χ2n) is 7.26. The van der Waals surface area contributed by atoms with E-state index in [9.17, 15) is 5.11 Å². The van der Waals surface area contributed by atoms with E-state index in [2.05, 4.69) is 58.1 Å². The number of rotatable bonds is 8. The molecule has 0 spiro atoms. The predicted octanol–water partition coefficient (Wildman–Crippen LogP) is 2.95. The minimum absolute atomic E-state index is 0.0638. The van der Waals surface area contributed by atoms with E-state index in [0.29, 0.717) is 12.0 Å². The third kappa shape index (κ3) is 5.09. The van der Waals surface area contributed by atoms with Gasteiger partial charge in [-0.25, -0.2) is 0 Å². The lowest BCUT2D eigenvalue weighted by Crippen LogP contribution is -2.42. The van der Waals surface area contributed by atoms with E-state index in [1.54, 1.807) is 7.05 Å². The highest BCUT2D eigenvalue weighted by molar-refractivity contribution is 5.79. The summed E-state index contributed by atoms with van der Waals surface area (Å²) in [6, 6.07) is 20.8. The number of nitrogens with zero attached hydrogens (tertiary/aromatic N) is 1.